The van der Waals surface area contributed by atoms with Crippen LogP contribution in [0.4, 0.5) is 0 Å². The van der Waals surface area contributed by atoms with E-state index < -0.39 is 7.12 Å². The number of rotatable bonds is 3. The van der Waals surface area contributed by atoms with Crippen molar-refractivity contribution in [3.05, 3.63) is 115 Å². The van der Waals surface area contributed by atoms with E-state index in [1.54, 1.807) is 0 Å². The summed E-state index contributed by atoms with van der Waals surface area (Å²) in [7, 11) is -1.56. The van der Waals surface area contributed by atoms with Gasteiger partial charge in [-0.25, -0.2) is 0 Å². The Bertz CT molecular complexity index is 1880. The van der Waals surface area contributed by atoms with E-state index in [9.17, 15) is 10.0 Å². The first-order valence-electron chi connectivity index (χ1n) is 12.0. The molecule has 4 heteroatoms. The molecular weight excluding hydrogens is 443 g/mol. The van der Waals surface area contributed by atoms with Crippen LogP contribution in [-0.2, 0) is 0 Å². The number of hydrogen-bond acceptors (Lipinski definition) is 3. The lowest BCUT2D eigenvalue weighted by Gasteiger charge is -2.17. The lowest BCUT2D eigenvalue weighted by molar-refractivity contribution is 0.426. The highest BCUT2D eigenvalue weighted by Gasteiger charge is 2.22. The zero-order valence-corrected chi connectivity index (χ0v) is 19.3. The largest absolute Gasteiger partial charge is 0.489 e. The van der Waals surface area contributed by atoms with Crippen molar-refractivity contribution in [2.24, 2.45) is 0 Å². The smallest absolute Gasteiger partial charge is 0.456 e. The van der Waals surface area contributed by atoms with E-state index in [1.807, 2.05) is 60.7 Å². The number of para-hydroxylation sites is 1. The van der Waals surface area contributed by atoms with Crippen LogP contribution in [0.2, 0.25) is 0 Å². The third-order valence-corrected chi connectivity index (χ3v) is 7.09. The standard InChI is InChI=1S/C32H21BO3/c34-33(35)32-26-13-3-1-11-24(26)31(25-12-2-4-14-27(25)32)22-9-7-8-20(18-22)21-16-17-30-28(19-21)23-10-5-6-15-29(23)36-30/h1-19,34-35H. The Balaban J connectivity index is 1.48. The molecule has 0 bridgehead atoms. The minimum Gasteiger partial charge on any atom is -0.456 e. The fourth-order valence-corrected chi connectivity index (χ4v) is 5.51. The Morgan fingerprint density at radius 2 is 1.00 bits per heavy atom. The van der Waals surface area contributed by atoms with Gasteiger partial charge in [0.25, 0.3) is 0 Å². The fourth-order valence-electron chi connectivity index (χ4n) is 5.51. The molecule has 0 fully saturated rings. The van der Waals surface area contributed by atoms with Crippen LogP contribution in [-0.4, -0.2) is 17.2 Å². The highest BCUT2D eigenvalue weighted by atomic mass is 16.4. The predicted octanol–water partition coefficient (Wildman–Crippen LogP) is 6.91. The molecule has 0 saturated heterocycles. The molecule has 7 rings (SSSR count). The van der Waals surface area contributed by atoms with Crippen molar-refractivity contribution in [1.82, 2.24) is 0 Å². The van der Waals surface area contributed by atoms with Gasteiger partial charge in [-0.2, -0.15) is 0 Å². The van der Waals surface area contributed by atoms with Gasteiger partial charge < -0.3 is 14.5 Å². The number of hydrogen-bond donors (Lipinski definition) is 2. The van der Waals surface area contributed by atoms with Gasteiger partial charge in [0.05, 0.1) is 0 Å². The van der Waals surface area contributed by atoms with E-state index >= 15 is 0 Å². The van der Waals surface area contributed by atoms with Gasteiger partial charge in [0.15, 0.2) is 0 Å². The summed E-state index contributed by atoms with van der Waals surface area (Å²) >= 11 is 0. The molecule has 0 amide bonds. The highest BCUT2D eigenvalue weighted by molar-refractivity contribution is 6.66. The summed E-state index contributed by atoms with van der Waals surface area (Å²) in [5.41, 5.74) is 6.71. The second-order valence-electron chi connectivity index (χ2n) is 9.14. The van der Waals surface area contributed by atoms with Gasteiger partial charge >= 0.3 is 7.12 Å². The quantitative estimate of drug-likeness (QED) is 0.221. The van der Waals surface area contributed by atoms with E-state index in [-0.39, 0.29) is 0 Å². The monoisotopic (exact) mass is 464 g/mol. The summed E-state index contributed by atoms with van der Waals surface area (Å²) in [5.74, 6) is 0. The molecule has 0 aliphatic heterocycles. The minimum absolute atomic E-state index is 0.540. The Kier molecular flexibility index (Phi) is 4.71. The molecule has 0 aliphatic carbocycles. The molecule has 2 N–H and O–H groups in total. The maximum atomic E-state index is 10.3. The average molecular weight is 464 g/mol. The van der Waals surface area contributed by atoms with E-state index in [2.05, 4.69) is 54.6 Å². The van der Waals surface area contributed by atoms with Crippen molar-refractivity contribution in [1.29, 1.82) is 0 Å². The normalized spacial score (nSPS) is 11.6. The topological polar surface area (TPSA) is 53.6 Å². The SMILES string of the molecule is OB(O)c1c2ccccc2c(-c2cccc(-c3ccc4oc5ccccc5c4c3)c2)c2ccccc12. The van der Waals surface area contributed by atoms with E-state index in [4.69, 9.17) is 4.42 Å². The molecule has 1 aromatic heterocycles. The molecule has 0 unspecified atom stereocenters. The van der Waals surface area contributed by atoms with Crippen LogP contribution in [0, 0.1) is 0 Å². The first-order chi connectivity index (χ1) is 17.7. The fraction of sp³-hybridized carbons (Fsp3) is 0. The summed E-state index contributed by atoms with van der Waals surface area (Å²) in [6, 6.07) is 38.9. The van der Waals surface area contributed by atoms with Gasteiger partial charge in [0, 0.05) is 10.8 Å². The Morgan fingerprint density at radius 3 is 1.69 bits per heavy atom. The molecule has 3 nitrogen and oxygen atoms in total. The zero-order chi connectivity index (χ0) is 24.2. The van der Waals surface area contributed by atoms with Crippen molar-refractivity contribution in [2.75, 3.05) is 0 Å². The maximum absolute atomic E-state index is 10.3. The van der Waals surface area contributed by atoms with Crippen molar-refractivity contribution >= 4 is 56.1 Å². The van der Waals surface area contributed by atoms with E-state index in [0.717, 1.165) is 65.7 Å². The van der Waals surface area contributed by atoms with Crippen LogP contribution in [0.25, 0.3) is 65.7 Å². The van der Waals surface area contributed by atoms with Crippen LogP contribution in [0.5, 0.6) is 0 Å². The second-order valence-corrected chi connectivity index (χ2v) is 9.14. The molecule has 0 atom stereocenters. The van der Waals surface area contributed by atoms with Gasteiger partial charge in [-0.15, -0.1) is 0 Å². The van der Waals surface area contributed by atoms with Crippen molar-refractivity contribution < 1.29 is 14.5 Å². The first-order valence-corrected chi connectivity index (χ1v) is 12.0. The maximum Gasteiger partial charge on any atom is 0.489 e. The molecule has 0 saturated carbocycles. The van der Waals surface area contributed by atoms with Crippen LogP contribution >= 0.6 is 0 Å². The van der Waals surface area contributed by atoms with Crippen molar-refractivity contribution in [3.63, 3.8) is 0 Å². The van der Waals surface area contributed by atoms with Crippen LogP contribution in [0.15, 0.2) is 120 Å². The average Bonchev–Trinajstić information content (AvgIpc) is 3.29. The summed E-state index contributed by atoms with van der Waals surface area (Å²) in [5, 5.41) is 26.4. The minimum atomic E-state index is -1.56. The summed E-state index contributed by atoms with van der Waals surface area (Å²) in [4.78, 5) is 0. The predicted molar refractivity (Wildman–Crippen MR) is 149 cm³/mol. The van der Waals surface area contributed by atoms with Gasteiger partial charge in [-0.1, -0.05) is 91.0 Å². The molecule has 7 aromatic rings. The molecule has 0 aliphatic rings. The van der Waals surface area contributed by atoms with Crippen molar-refractivity contribution in [2.45, 2.75) is 0 Å². The Hall–Kier alpha value is -4.38. The molecule has 0 radical (unpaired) electrons. The van der Waals surface area contributed by atoms with Gasteiger partial charge in [-0.05, 0) is 73.5 Å². The van der Waals surface area contributed by atoms with Gasteiger partial charge in [-0.3, -0.25) is 0 Å². The summed E-state index contributed by atoms with van der Waals surface area (Å²) < 4.78 is 6.02. The third kappa shape index (κ3) is 3.16. The molecule has 1 heterocycles. The number of fused-ring (bicyclic) bond motifs is 5. The van der Waals surface area contributed by atoms with Crippen LogP contribution in [0.1, 0.15) is 0 Å². The number of benzene rings is 6. The highest BCUT2D eigenvalue weighted by Crippen LogP contribution is 2.38. The zero-order valence-electron chi connectivity index (χ0n) is 19.3. The Labute approximate surface area is 208 Å². The molecule has 0 spiro atoms. The molecule has 36 heavy (non-hydrogen) atoms. The molecule has 170 valence electrons. The van der Waals surface area contributed by atoms with Crippen LogP contribution in [0.3, 0.4) is 0 Å². The van der Waals surface area contributed by atoms with Gasteiger partial charge in [0.2, 0.25) is 0 Å². The van der Waals surface area contributed by atoms with Gasteiger partial charge in [0.1, 0.15) is 11.2 Å². The molecular formula is C32H21BO3. The number of furan rings is 1. The molecule has 6 aromatic carbocycles. The first kappa shape index (κ1) is 21.0. The van der Waals surface area contributed by atoms with Crippen molar-refractivity contribution in [3.8, 4) is 22.3 Å². The second kappa shape index (κ2) is 8.09. The Morgan fingerprint density at radius 1 is 0.444 bits per heavy atom. The lowest BCUT2D eigenvalue weighted by Crippen LogP contribution is -2.31. The van der Waals surface area contributed by atoms with E-state index in [1.165, 1.54) is 0 Å². The third-order valence-electron chi connectivity index (χ3n) is 7.09. The summed E-state index contributed by atoms with van der Waals surface area (Å²) in [6.07, 6.45) is 0. The lowest BCUT2D eigenvalue weighted by atomic mass is 9.72. The van der Waals surface area contributed by atoms with Crippen LogP contribution < -0.4 is 5.46 Å². The summed E-state index contributed by atoms with van der Waals surface area (Å²) in [6.45, 7) is 0. The van der Waals surface area contributed by atoms with E-state index in [0.29, 0.717) is 5.46 Å².